The number of benzene rings is 1. The van der Waals surface area contributed by atoms with Crippen molar-refractivity contribution in [2.75, 3.05) is 31.7 Å². The maximum absolute atomic E-state index is 13.5. The zero-order chi connectivity index (χ0) is 29.3. The van der Waals surface area contributed by atoms with Crippen LogP contribution in [0, 0.1) is 34.3 Å². The van der Waals surface area contributed by atoms with Gasteiger partial charge in [0.1, 0.15) is 11.8 Å². The molecule has 41 heavy (non-hydrogen) atoms. The predicted molar refractivity (Wildman–Crippen MR) is 144 cm³/mol. The summed E-state index contributed by atoms with van der Waals surface area (Å²) in [6, 6.07) is 7.32. The second kappa shape index (κ2) is 11.4. The van der Waals surface area contributed by atoms with Gasteiger partial charge < -0.3 is 29.8 Å². The molecule has 0 bridgehead atoms. The Morgan fingerprint density at radius 3 is 2.66 bits per heavy atom. The van der Waals surface area contributed by atoms with E-state index in [9.17, 15) is 28.4 Å². The molecule has 1 saturated heterocycles. The fourth-order valence-corrected chi connectivity index (χ4v) is 5.59. The van der Waals surface area contributed by atoms with E-state index in [1.807, 2.05) is 17.3 Å². The molecule has 0 radical (unpaired) electrons. The van der Waals surface area contributed by atoms with Crippen molar-refractivity contribution < 1.29 is 22.7 Å². The summed E-state index contributed by atoms with van der Waals surface area (Å²) >= 11 is 0. The number of aromatic nitrogens is 3. The van der Waals surface area contributed by atoms with Crippen LogP contribution >= 0.6 is 0 Å². The number of nitrogens with zero attached hydrogens (tertiary/aromatic N) is 6. The first-order valence-electron chi connectivity index (χ1n) is 13.6. The average molecular weight is 571 g/mol. The maximum atomic E-state index is 13.5. The molecule has 10 nitrogen and oxygen atoms in total. The molecule has 0 spiro atoms. The summed E-state index contributed by atoms with van der Waals surface area (Å²) in [7, 11) is 0. The van der Waals surface area contributed by atoms with Gasteiger partial charge in [0.15, 0.2) is 5.82 Å². The molecule has 2 fully saturated rings. The van der Waals surface area contributed by atoms with Crippen molar-refractivity contribution in [3.8, 4) is 11.8 Å². The van der Waals surface area contributed by atoms with Crippen molar-refractivity contribution in [1.82, 2.24) is 24.6 Å². The summed E-state index contributed by atoms with van der Waals surface area (Å²) in [5.41, 5.74) is 3.61. The molecular formula is C28H31F3N7O3-. The van der Waals surface area contributed by atoms with Crippen molar-refractivity contribution in [2.45, 2.75) is 45.5 Å². The summed E-state index contributed by atoms with van der Waals surface area (Å²) in [5, 5.41) is 28.8. The van der Waals surface area contributed by atoms with Gasteiger partial charge in [-0.05, 0) is 49.3 Å². The van der Waals surface area contributed by atoms with E-state index in [0.717, 1.165) is 17.4 Å². The lowest BCUT2D eigenvalue weighted by Crippen LogP contribution is -2.48. The zero-order valence-electron chi connectivity index (χ0n) is 22.7. The number of likely N-dealkylation sites (tertiary alicyclic amines) is 1. The quantitative estimate of drug-likeness (QED) is 0.281. The Bertz CT molecular complexity index is 1390. The lowest BCUT2D eigenvalue weighted by atomic mass is 9.84. The standard InChI is InChI=1S/C28H31F3N7O3/c1-3-19(13-32)25(22-7-6-20(12-23(22)35-40)41-16-18-4-5-18)36-9-8-21(17(2)14-36)26(39)37-10-11-38-24(15-37)33-34-27(38)28(29,30)31/h3,6-7,12,17-18,21,35H,1,4-5,8-11,14-16H2,2H3/q-1/b25-19-/t17-,21+/m1/s1. The molecule has 1 N–H and O–H groups in total. The highest BCUT2D eigenvalue weighted by atomic mass is 19.4. The highest BCUT2D eigenvalue weighted by Crippen LogP contribution is 2.38. The van der Waals surface area contributed by atoms with Crippen LogP contribution in [0.2, 0.25) is 0 Å². The number of anilines is 1. The molecule has 1 aliphatic carbocycles. The van der Waals surface area contributed by atoms with Gasteiger partial charge in [-0.2, -0.15) is 18.4 Å². The Morgan fingerprint density at radius 2 is 2.02 bits per heavy atom. The van der Waals surface area contributed by atoms with Gasteiger partial charge in [-0.25, -0.2) is 0 Å². The van der Waals surface area contributed by atoms with E-state index in [4.69, 9.17) is 4.74 Å². The van der Waals surface area contributed by atoms with Gasteiger partial charge >= 0.3 is 6.18 Å². The second-order valence-electron chi connectivity index (χ2n) is 10.8. The normalized spacial score (nSPS) is 21.5. The Labute approximate surface area is 235 Å². The van der Waals surface area contributed by atoms with Crippen molar-refractivity contribution >= 4 is 17.3 Å². The van der Waals surface area contributed by atoms with Crippen LogP contribution in [0.25, 0.3) is 5.70 Å². The number of allylic oxidation sites excluding steroid dienone is 2. The number of nitrogens with one attached hydrogen (secondary N) is 1. The number of ether oxygens (including phenoxy) is 1. The van der Waals surface area contributed by atoms with Gasteiger partial charge in [0.2, 0.25) is 11.7 Å². The SMILES string of the molecule is C=C/C(C#N)=C(\c1ccc(OCC2CC2)cc1N[O-])N1CC[C@H](C(=O)N2CCn3c(nnc3C(F)(F)F)C2)[C@H](C)C1. The van der Waals surface area contributed by atoms with Crippen molar-refractivity contribution in [3.05, 3.63) is 58.8 Å². The van der Waals surface area contributed by atoms with Crippen LogP contribution in [0.4, 0.5) is 18.9 Å². The first-order valence-corrected chi connectivity index (χ1v) is 13.6. The number of amides is 1. The van der Waals surface area contributed by atoms with E-state index in [-0.39, 0.29) is 48.9 Å². The van der Waals surface area contributed by atoms with E-state index in [1.165, 1.54) is 6.08 Å². The number of piperidine rings is 1. The van der Waals surface area contributed by atoms with Crippen LogP contribution in [-0.2, 0) is 24.1 Å². The van der Waals surface area contributed by atoms with E-state index in [2.05, 4.69) is 22.8 Å². The molecule has 2 atom stereocenters. The fraction of sp³-hybridized carbons (Fsp3) is 0.500. The number of fused-ring (bicyclic) bond motifs is 1. The van der Waals surface area contributed by atoms with E-state index in [0.29, 0.717) is 54.6 Å². The molecule has 218 valence electrons. The lowest BCUT2D eigenvalue weighted by Gasteiger charge is -2.41. The van der Waals surface area contributed by atoms with Gasteiger partial charge in [-0.3, -0.25) is 4.79 Å². The van der Waals surface area contributed by atoms with Gasteiger partial charge in [0.05, 0.1) is 24.4 Å². The van der Waals surface area contributed by atoms with Crippen molar-refractivity contribution in [2.24, 2.45) is 17.8 Å². The van der Waals surface area contributed by atoms with Gasteiger partial charge in [-0.1, -0.05) is 13.5 Å². The molecule has 3 heterocycles. The third-order valence-electron chi connectivity index (χ3n) is 7.98. The third-order valence-corrected chi connectivity index (χ3v) is 7.98. The summed E-state index contributed by atoms with van der Waals surface area (Å²) < 4.78 is 46.5. The van der Waals surface area contributed by atoms with Crippen LogP contribution in [0.15, 0.2) is 36.4 Å². The van der Waals surface area contributed by atoms with Gasteiger partial charge in [0, 0.05) is 49.4 Å². The summed E-state index contributed by atoms with van der Waals surface area (Å²) in [6.45, 7) is 7.22. The molecule has 1 aromatic heterocycles. The van der Waals surface area contributed by atoms with Gasteiger partial charge in [-0.15, -0.1) is 10.2 Å². The third kappa shape index (κ3) is 5.88. The van der Waals surface area contributed by atoms with E-state index in [1.54, 1.807) is 23.1 Å². The monoisotopic (exact) mass is 570 g/mol. The Morgan fingerprint density at radius 1 is 1.24 bits per heavy atom. The second-order valence-corrected chi connectivity index (χ2v) is 10.8. The van der Waals surface area contributed by atoms with Crippen molar-refractivity contribution in [1.29, 1.82) is 5.26 Å². The number of nitriles is 1. The first-order chi connectivity index (χ1) is 19.6. The van der Waals surface area contributed by atoms with E-state index >= 15 is 0 Å². The molecule has 3 aliphatic rings. The molecule has 0 unspecified atom stereocenters. The minimum absolute atomic E-state index is 0.0285. The number of alkyl halides is 3. The van der Waals surface area contributed by atoms with Crippen LogP contribution in [0.3, 0.4) is 0 Å². The molecule has 2 aliphatic heterocycles. The number of hydrogen-bond donors (Lipinski definition) is 1. The number of halogens is 3. The zero-order valence-corrected chi connectivity index (χ0v) is 22.7. The maximum Gasteiger partial charge on any atom is 0.451 e. The van der Waals surface area contributed by atoms with Crippen LogP contribution < -0.4 is 10.2 Å². The lowest BCUT2D eigenvalue weighted by molar-refractivity contribution is -0.148. The van der Waals surface area contributed by atoms with E-state index < -0.39 is 12.0 Å². The summed E-state index contributed by atoms with van der Waals surface area (Å²) in [5.74, 6) is -0.489. The molecule has 5 rings (SSSR count). The molecule has 2 aromatic rings. The summed E-state index contributed by atoms with van der Waals surface area (Å²) in [4.78, 5) is 17.0. The number of rotatable bonds is 8. The minimum Gasteiger partial charge on any atom is -0.761 e. The van der Waals surface area contributed by atoms with Crippen LogP contribution in [-0.4, -0.2) is 56.7 Å². The Kier molecular flexibility index (Phi) is 7.95. The number of hydrogen-bond acceptors (Lipinski definition) is 8. The average Bonchev–Trinajstić information content (AvgIpc) is 3.69. The Hall–Kier alpha value is -4.05. The largest absolute Gasteiger partial charge is 0.761 e. The van der Waals surface area contributed by atoms with Gasteiger partial charge in [0.25, 0.3) is 0 Å². The topological polar surface area (TPSA) is 122 Å². The molecule has 13 heteroatoms. The highest BCUT2D eigenvalue weighted by molar-refractivity contribution is 5.82. The van der Waals surface area contributed by atoms with Crippen LogP contribution in [0.1, 0.15) is 43.4 Å². The number of carbonyl (C=O) groups is 1. The molecule has 1 aromatic carbocycles. The predicted octanol–water partition coefficient (Wildman–Crippen LogP) is 4.42. The molecule has 1 saturated carbocycles. The number of carbonyl (C=O) groups excluding carboxylic acids is 1. The fourth-order valence-electron chi connectivity index (χ4n) is 5.59. The molecule has 1 amide bonds. The smallest absolute Gasteiger partial charge is 0.451 e. The minimum atomic E-state index is -4.61. The van der Waals surface area contributed by atoms with Crippen LogP contribution in [0.5, 0.6) is 5.75 Å². The highest BCUT2D eigenvalue weighted by Gasteiger charge is 2.41. The Balaban J connectivity index is 1.32. The first kappa shape index (κ1) is 28.5. The summed E-state index contributed by atoms with van der Waals surface area (Å²) in [6.07, 6.45) is -0.431. The molecular weight excluding hydrogens is 539 g/mol. The van der Waals surface area contributed by atoms with Crippen molar-refractivity contribution in [3.63, 3.8) is 0 Å².